The van der Waals surface area contributed by atoms with E-state index in [0.717, 1.165) is 30.1 Å². The molecule has 0 amide bonds. The van der Waals surface area contributed by atoms with Crippen LogP contribution in [0.1, 0.15) is 58.1 Å². The summed E-state index contributed by atoms with van der Waals surface area (Å²) in [5.74, 6) is 2.27. The molecule has 0 saturated heterocycles. The van der Waals surface area contributed by atoms with Crippen LogP contribution in [-0.4, -0.2) is 13.7 Å². The molecule has 0 aliphatic carbocycles. The first kappa shape index (κ1) is 16.8. The van der Waals surface area contributed by atoms with Gasteiger partial charge in [-0.1, -0.05) is 39.2 Å². The molecule has 2 atom stereocenters. The van der Waals surface area contributed by atoms with Crippen LogP contribution in [0.3, 0.4) is 0 Å². The largest absolute Gasteiger partial charge is 0.496 e. The second-order valence-electron chi connectivity index (χ2n) is 5.39. The molecule has 0 aliphatic rings. The van der Waals surface area contributed by atoms with Crippen LogP contribution in [0.25, 0.3) is 0 Å². The van der Waals surface area contributed by atoms with E-state index in [9.17, 15) is 0 Å². The van der Waals surface area contributed by atoms with Crippen LogP contribution in [0.4, 0.5) is 0 Å². The fourth-order valence-corrected chi connectivity index (χ4v) is 2.38. The van der Waals surface area contributed by atoms with Gasteiger partial charge < -0.3 is 15.2 Å². The van der Waals surface area contributed by atoms with Crippen LogP contribution < -0.4 is 15.2 Å². The zero-order valence-corrected chi connectivity index (χ0v) is 13.3. The zero-order valence-electron chi connectivity index (χ0n) is 13.3. The number of hydrogen-bond acceptors (Lipinski definition) is 3. The number of unbranched alkanes of at least 4 members (excludes halogenated alkanes) is 1. The lowest BCUT2D eigenvalue weighted by atomic mass is 10.0. The fraction of sp³-hybridized carbons (Fsp3) is 0.647. The van der Waals surface area contributed by atoms with Crippen molar-refractivity contribution in [1.82, 2.24) is 0 Å². The highest BCUT2D eigenvalue weighted by Gasteiger charge is 2.15. The highest BCUT2D eigenvalue weighted by Crippen LogP contribution is 2.33. The van der Waals surface area contributed by atoms with Crippen LogP contribution in [0.2, 0.25) is 0 Å². The van der Waals surface area contributed by atoms with E-state index in [2.05, 4.69) is 13.8 Å². The number of methoxy groups -OCH3 is 1. The third kappa shape index (κ3) is 4.71. The van der Waals surface area contributed by atoms with Gasteiger partial charge in [-0.05, 0) is 31.4 Å². The average molecular weight is 279 g/mol. The number of ether oxygens (including phenoxy) is 2. The van der Waals surface area contributed by atoms with Crippen LogP contribution in [0.15, 0.2) is 18.2 Å². The summed E-state index contributed by atoms with van der Waals surface area (Å²) in [6.45, 7) is 7.16. The van der Waals surface area contributed by atoms with Gasteiger partial charge in [-0.25, -0.2) is 0 Å². The molecule has 1 aromatic rings. The van der Waals surface area contributed by atoms with Crippen molar-refractivity contribution in [3.63, 3.8) is 0 Å². The molecule has 20 heavy (non-hydrogen) atoms. The predicted octanol–water partition coefficient (Wildman–Crippen LogP) is 4.31. The van der Waals surface area contributed by atoms with Crippen molar-refractivity contribution >= 4 is 0 Å². The molecule has 3 heteroatoms. The van der Waals surface area contributed by atoms with Crippen molar-refractivity contribution in [2.75, 3.05) is 13.7 Å². The Hall–Kier alpha value is -1.22. The van der Waals surface area contributed by atoms with Gasteiger partial charge in [-0.2, -0.15) is 0 Å². The summed E-state index contributed by atoms with van der Waals surface area (Å²) in [5.41, 5.74) is 7.01. The van der Waals surface area contributed by atoms with Crippen molar-refractivity contribution < 1.29 is 9.47 Å². The maximum atomic E-state index is 6.05. The van der Waals surface area contributed by atoms with E-state index in [0.29, 0.717) is 5.92 Å². The lowest BCUT2D eigenvalue weighted by Gasteiger charge is -2.20. The van der Waals surface area contributed by atoms with Crippen molar-refractivity contribution in [2.24, 2.45) is 11.7 Å². The molecule has 0 bridgehead atoms. The molecule has 3 nitrogen and oxygen atoms in total. The smallest absolute Gasteiger partial charge is 0.127 e. The van der Waals surface area contributed by atoms with Crippen molar-refractivity contribution in [3.05, 3.63) is 23.8 Å². The molecule has 1 rings (SSSR count). The Bertz CT molecular complexity index is 391. The standard InChI is InChI=1S/C17H29NO2/c1-5-7-9-14(6-2)12-20-16-11-8-10-15(19-4)17(16)13(3)18/h8,10-11,13-14H,5-7,9,12,18H2,1-4H3/t13-,14?/m0/s1. The normalized spacial score (nSPS) is 13.8. The van der Waals surface area contributed by atoms with Crippen LogP contribution in [0.5, 0.6) is 11.5 Å². The Morgan fingerprint density at radius 3 is 2.45 bits per heavy atom. The summed E-state index contributed by atoms with van der Waals surface area (Å²) in [4.78, 5) is 0. The Balaban J connectivity index is 2.76. The molecular weight excluding hydrogens is 250 g/mol. The molecule has 1 unspecified atom stereocenters. The van der Waals surface area contributed by atoms with E-state index in [1.807, 2.05) is 25.1 Å². The second kappa shape index (κ2) is 8.85. The minimum atomic E-state index is -0.100. The first-order valence-electron chi connectivity index (χ1n) is 7.69. The summed E-state index contributed by atoms with van der Waals surface area (Å²) >= 11 is 0. The molecule has 0 heterocycles. The van der Waals surface area contributed by atoms with E-state index in [1.54, 1.807) is 7.11 Å². The summed E-state index contributed by atoms with van der Waals surface area (Å²) < 4.78 is 11.4. The maximum Gasteiger partial charge on any atom is 0.127 e. The van der Waals surface area contributed by atoms with Gasteiger partial charge in [0.15, 0.2) is 0 Å². The molecule has 114 valence electrons. The Morgan fingerprint density at radius 2 is 1.90 bits per heavy atom. The van der Waals surface area contributed by atoms with E-state index in [-0.39, 0.29) is 6.04 Å². The van der Waals surface area contributed by atoms with Gasteiger partial charge in [0.2, 0.25) is 0 Å². The molecule has 0 radical (unpaired) electrons. The summed E-state index contributed by atoms with van der Waals surface area (Å²) in [5, 5.41) is 0. The van der Waals surface area contributed by atoms with E-state index >= 15 is 0 Å². The Labute approximate surface area is 123 Å². The lowest BCUT2D eigenvalue weighted by Crippen LogP contribution is -2.14. The minimum absolute atomic E-state index is 0.100. The molecule has 0 fully saturated rings. The van der Waals surface area contributed by atoms with Gasteiger partial charge in [0.25, 0.3) is 0 Å². The minimum Gasteiger partial charge on any atom is -0.496 e. The molecule has 0 saturated carbocycles. The molecule has 1 aromatic carbocycles. The first-order chi connectivity index (χ1) is 9.63. The van der Waals surface area contributed by atoms with Crippen LogP contribution in [0, 0.1) is 5.92 Å². The Kier molecular flexibility index (Phi) is 7.45. The van der Waals surface area contributed by atoms with E-state index in [1.165, 1.54) is 19.3 Å². The predicted molar refractivity (Wildman–Crippen MR) is 84.4 cm³/mol. The topological polar surface area (TPSA) is 44.5 Å². The number of benzene rings is 1. The molecule has 0 aromatic heterocycles. The molecule has 0 spiro atoms. The summed E-state index contributed by atoms with van der Waals surface area (Å²) in [6.07, 6.45) is 4.88. The third-order valence-electron chi connectivity index (χ3n) is 3.72. The highest BCUT2D eigenvalue weighted by atomic mass is 16.5. The summed E-state index contributed by atoms with van der Waals surface area (Å²) in [7, 11) is 1.67. The van der Waals surface area contributed by atoms with Crippen molar-refractivity contribution in [2.45, 2.75) is 52.5 Å². The van der Waals surface area contributed by atoms with Crippen LogP contribution in [-0.2, 0) is 0 Å². The third-order valence-corrected chi connectivity index (χ3v) is 3.72. The number of nitrogens with two attached hydrogens (primary N) is 1. The fourth-order valence-electron chi connectivity index (χ4n) is 2.38. The molecular formula is C17H29NO2. The lowest BCUT2D eigenvalue weighted by molar-refractivity contribution is 0.229. The van der Waals surface area contributed by atoms with Gasteiger partial charge >= 0.3 is 0 Å². The van der Waals surface area contributed by atoms with Crippen LogP contribution >= 0.6 is 0 Å². The van der Waals surface area contributed by atoms with Gasteiger partial charge in [-0.15, -0.1) is 0 Å². The van der Waals surface area contributed by atoms with Crippen molar-refractivity contribution in [3.8, 4) is 11.5 Å². The summed E-state index contributed by atoms with van der Waals surface area (Å²) in [6, 6.07) is 5.76. The second-order valence-corrected chi connectivity index (χ2v) is 5.39. The highest BCUT2D eigenvalue weighted by molar-refractivity contribution is 5.46. The van der Waals surface area contributed by atoms with Crippen molar-refractivity contribution in [1.29, 1.82) is 0 Å². The first-order valence-corrected chi connectivity index (χ1v) is 7.69. The van der Waals surface area contributed by atoms with Gasteiger partial charge in [-0.3, -0.25) is 0 Å². The molecule has 2 N–H and O–H groups in total. The number of rotatable bonds is 9. The monoisotopic (exact) mass is 279 g/mol. The van der Waals surface area contributed by atoms with Gasteiger partial charge in [0.05, 0.1) is 19.3 Å². The number of hydrogen-bond donors (Lipinski definition) is 1. The Morgan fingerprint density at radius 1 is 1.20 bits per heavy atom. The van der Waals surface area contributed by atoms with Gasteiger partial charge in [0, 0.05) is 6.04 Å². The maximum absolute atomic E-state index is 6.05. The van der Waals surface area contributed by atoms with Gasteiger partial charge in [0.1, 0.15) is 11.5 Å². The quantitative estimate of drug-likeness (QED) is 0.732. The van der Waals surface area contributed by atoms with E-state index in [4.69, 9.17) is 15.2 Å². The SMILES string of the molecule is CCCCC(CC)COc1cccc(OC)c1[C@H](C)N. The van der Waals surface area contributed by atoms with E-state index < -0.39 is 0 Å². The average Bonchev–Trinajstić information content (AvgIpc) is 2.46. The zero-order chi connectivity index (χ0) is 15.0. The molecule has 0 aliphatic heterocycles.